The fourth-order valence-electron chi connectivity index (χ4n) is 2.70. The van der Waals surface area contributed by atoms with Gasteiger partial charge in [-0.1, -0.05) is 60.7 Å². The standard InChI is InChI=1S/C20H19NO4/c22-12-17-18(24-13-15-7-3-1-4-8-15)11-21-19(17)20(23)25-14-16-9-5-2-6-10-16/h1-10,18-19,21H,11,13-14H2/t18?,19-/m1/s1. The number of nitrogens with one attached hydrogen (secondary N) is 1. The Balaban J connectivity index is 1.56. The third-order valence-corrected chi connectivity index (χ3v) is 4.04. The van der Waals surface area contributed by atoms with E-state index >= 15 is 0 Å². The van der Waals surface area contributed by atoms with Gasteiger partial charge in [0.15, 0.2) is 0 Å². The SMILES string of the molecule is O=C=C1C(OCc2ccccc2)CN[C@H]1C(=O)OCc1ccccc1. The molecule has 5 nitrogen and oxygen atoms in total. The second-order valence-corrected chi connectivity index (χ2v) is 5.78. The molecule has 2 aromatic rings. The minimum atomic E-state index is -0.804. The van der Waals surface area contributed by atoms with Gasteiger partial charge in [-0.2, -0.15) is 0 Å². The summed E-state index contributed by atoms with van der Waals surface area (Å²) in [4.78, 5) is 23.6. The van der Waals surface area contributed by atoms with Gasteiger partial charge < -0.3 is 9.47 Å². The zero-order valence-corrected chi connectivity index (χ0v) is 13.7. The third-order valence-electron chi connectivity index (χ3n) is 4.04. The summed E-state index contributed by atoms with van der Waals surface area (Å²) in [5.74, 6) is 1.37. The first kappa shape index (κ1) is 17.1. The zero-order valence-electron chi connectivity index (χ0n) is 13.7. The van der Waals surface area contributed by atoms with Crippen molar-refractivity contribution in [1.29, 1.82) is 0 Å². The van der Waals surface area contributed by atoms with Crippen molar-refractivity contribution in [2.75, 3.05) is 6.54 Å². The highest BCUT2D eigenvalue weighted by Gasteiger charge is 2.37. The summed E-state index contributed by atoms with van der Waals surface area (Å²) < 4.78 is 11.1. The molecule has 128 valence electrons. The Morgan fingerprint density at radius 1 is 1.00 bits per heavy atom. The highest BCUT2D eigenvalue weighted by molar-refractivity contribution is 5.84. The average molecular weight is 337 g/mol. The van der Waals surface area contributed by atoms with E-state index < -0.39 is 18.1 Å². The Kier molecular flexibility index (Phi) is 5.75. The lowest BCUT2D eigenvalue weighted by Gasteiger charge is -2.13. The first-order chi connectivity index (χ1) is 12.3. The normalized spacial score (nSPS) is 19.4. The Morgan fingerprint density at radius 3 is 2.20 bits per heavy atom. The molecule has 1 aliphatic heterocycles. The lowest BCUT2D eigenvalue weighted by atomic mass is 10.1. The van der Waals surface area contributed by atoms with Crippen LogP contribution < -0.4 is 5.32 Å². The first-order valence-corrected chi connectivity index (χ1v) is 8.12. The Morgan fingerprint density at radius 2 is 1.60 bits per heavy atom. The molecule has 0 saturated carbocycles. The lowest BCUT2D eigenvalue weighted by Crippen LogP contribution is -2.33. The molecule has 1 N–H and O–H groups in total. The Bertz CT molecular complexity index is 754. The van der Waals surface area contributed by atoms with E-state index in [1.54, 1.807) is 0 Å². The van der Waals surface area contributed by atoms with Crippen molar-refractivity contribution in [3.8, 4) is 0 Å². The van der Waals surface area contributed by atoms with E-state index in [1.165, 1.54) is 0 Å². The fourth-order valence-corrected chi connectivity index (χ4v) is 2.70. The Hall–Kier alpha value is -2.72. The number of carbonyl (C=O) groups excluding carboxylic acids is 2. The molecule has 1 heterocycles. The predicted octanol–water partition coefficient (Wildman–Crippen LogP) is 2.04. The van der Waals surface area contributed by atoms with Crippen LogP contribution in [0.3, 0.4) is 0 Å². The topological polar surface area (TPSA) is 64.6 Å². The summed E-state index contributed by atoms with van der Waals surface area (Å²) in [6, 6.07) is 18.2. The molecule has 0 spiro atoms. The van der Waals surface area contributed by atoms with Gasteiger partial charge in [0.25, 0.3) is 0 Å². The number of hydrogen-bond donors (Lipinski definition) is 1. The number of carbonyl (C=O) groups is 1. The van der Waals surface area contributed by atoms with Gasteiger partial charge in [-0.3, -0.25) is 5.32 Å². The van der Waals surface area contributed by atoms with Crippen molar-refractivity contribution in [3.63, 3.8) is 0 Å². The molecular weight excluding hydrogens is 318 g/mol. The molecule has 0 aromatic heterocycles. The lowest BCUT2D eigenvalue weighted by molar-refractivity contribution is -0.146. The molecule has 0 bridgehead atoms. The third kappa shape index (κ3) is 4.43. The van der Waals surface area contributed by atoms with Gasteiger partial charge in [-0.05, 0) is 11.1 Å². The number of ether oxygens (including phenoxy) is 2. The van der Waals surface area contributed by atoms with E-state index in [1.807, 2.05) is 66.6 Å². The summed E-state index contributed by atoms with van der Waals surface area (Å²) in [5.41, 5.74) is 2.15. The van der Waals surface area contributed by atoms with Crippen LogP contribution in [0.15, 0.2) is 66.2 Å². The molecule has 2 aromatic carbocycles. The molecule has 1 aliphatic rings. The van der Waals surface area contributed by atoms with Crippen molar-refractivity contribution in [2.24, 2.45) is 0 Å². The Labute approximate surface area is 146 Å². The predicted molar refractivity (Wildman–Crippen MR) is 92.3 cm³/mol. The van der Waals surface area contributed by atoms with E-state index in [9.17, 15) is 9.59 Å². The van der Waals surface area contributed by atoms with Crippen molar-refractivity contribution < 1.29 is 19.1 Å². The van der Waals surface area contributed by atoms with Crippen molar-refractivity contribution in [1.82, 2.24) is 5.32 Å². The zero-order chi connectivity index (χ0) is 17.5. The van der Waals surface area contributed by atoms with Crippen molar-refractivity contribution in [3.05, 3.63) is 77.4 Å². The van der Waals surface area contributed by atoms with E-state index in [0.29, 0.717) is 13.2 Å². The number of benzene rings is 2. The molecule has 1 fully saturated rings. The highest BCUT2D eigenvalue weighted by atomic mass is 16.5. The molecule has 2 atom stereocenters. The van der Waals surface area contributed by atoms with E-state index in [4.69, 9.17) is 9.47 Å². The molecule has 25 heavy (non-hydrogen) atoms. The maximum absolute atomic E-state index is 12.3. The second-order valence-electron chi connectivity index (χ2n) is 5.78. The maximum atomic E-state index is 12.3. The van der Waals surface area contributed by atoms with Gasteiger partial charge in [0.1, 0.15) is 24.7 Å². The van der Waals surface area contributed by atoms with Gasteiger partial charge in [-0.25, -0.2) is 9.59 Å². The minimum Gasteiger partial charge on any atom is -0.459 e. The van der Waals surface area contributed by atoms with Gasteiger partial charge >= 0.3 is 5.97 Å². The summed E-state index contributed by atoms with van der Waals surface area (Å²) in [5, 5.41) is 2.98. The van der Waals surface area contributed by atoms with E-state index in [0.717, 1.165) is 11.1 Å². The van der Waals surface area contributed by atoms with Gasteiger partial charge in [0.2, 0.25) is 0 Å². The average Bonchev–Trinajstić information content (AvgIpc) is 3.09. The number of hydrogen-bond acceptors (Lipinski definition) is 5. The number of rotatable bonds is 6. The van der Waals surface area contributed by atoms with Crippen LogP contribution in [0, 0.1) is 0 Å². The van der Waals surface area contributed by atoms with Crippen LogP contribution in [0.4, 0.5) is 0 Å². The van der Waals surface area contributed by atoms with Crippen LogP contribution >= 0.6 is 0 Å². The maximum Gasteiger partial charge on any atom is 0.328 e. The monoisotopic (exact) mass is 337 g/mol. The smallest absolute Gasteiger partial charge is 0.328 e. The molecule has 0 radical (unpaired) electrons. The van der Waals surface area contributed by atoms with Crippen molar-refractivity contribution in [2.45, 2.75) is 25.4 Å². The van der Waals surface area contributed by atoms with Gasteiger partial charge in [0.05, 0.1) is 12.2 Å². The molecule has 1 saturated heterocycles. The molecular formula is C20H19NO4. The minimum absolute atomic E-state index is 0.166. The van der Waals surface area contributed by atoms with Gasteiger partial charge in [-0.15, -0.1) is 0 Å². The van der Waals surface area contributed by atoms with E-state index in [-0.39, 0.29) is 12.2 Å². The summed E-state index contributed by atoms with van der Waals surface area (Å²) >= 11 is 0. The highest BCUT2D eigenvalue weighted by Crippen LogP contribution is 2.19. The molecule has 3 rings (SSSR count). The van der Waals surface area contributed by atoms with Crippen LogP contribution in [0.5, 0.6) is 0 Å². The summed E-state index contributed by atoms with van der Waals surface area (Å²) in [6.45, 7) is 0.909. The van der Waals surface area contributed by atoms with Crippen molar-refractivity contribution >= 4 is 11.9 Å². The second kappa shape index (κ2) is 8.40. The van der Waals surface area contributed by atoms with Crippen LogP contribution in [-0.4, -0.2) is 30.6 Å². The molecule has 5 heteroatoms. The van der Waals surface area contributed by atoms with Crippen LogP contribution in [0.25, 0.3) is 0 Å². The molecule has 1 unspecified atom stereocenters. The largest absolute Gasteiger partial charge is 0.459 e. The van der Waals surface area contributed by atoms with Gasteiger partial charge in [0, 0.05) is 6.54 Å². The first-order valence-electron chi connectivity index (χ1n) is 8.12. The molecule has 0 aliphatic carbocycles. The van der Waals surface area contributed by atoms with Crippen LogP contribution in [-0.2, 0) is 32.3 Å². The van der Waals surface area contributed by atoms with Crippen LogP contribution in [0.2, 0.25) is 0 Å². The summed E-state index contributed by atoms with van der Waals surface area (Å²) in [7, 11) is 0. The van der Waals surface area contributed by atoms with Crippen LogP contribution in [0.1, 0.15) is 11.1 Å². The number of esters is 1. The van der Waals surface area contributed by atoms with E-state index in [2.05, 4.69) is 5.32 Å². The quantitative estimate of drug-likeness (QED) is 0.646. The molecule has 0 amide bonds. The fraction of sp³-hybridized carbons (Fsp3) is 0.250. The summed E-state index contributed by atoms with van der Waals surface area (Å²) in [6.07, 6.45) is -0.480.